The van der Waals surface area contributed by atoms with Crippen LogP contribution in [0, 0.1) is 0 Å². The van der Waals surface area contributed by atoms with Gasteiger partial charge in [-0.2, -0.15) is 0 Å². The Hall–Kier alpha value is -2.80. The van der Waals surface area contributed by atoms with Gasteiger partial charge in [-0.1, -0.05) is 36.0 Å². The van der Waals surface area contributed by atoms with E-state index in [4.69, 9.17) is 4.42 Å². The Morgan fingerprint density at radius 2 is 1.87 bits per heavy atom. The molecule has 0 aliphatic heterocycles. The van der Waals surface area contributed by atoms with Crippen LogP contribution in [0.2, 0.25) is 0 Å². The van der Waals surface area contributed by atoms with Crippen LogP contribution in [0.5, 0.6) is 5.75 Å². The van der Waals surface area contributed by atoms with Crippen LogP contribution in [-0.2, 0) is 5.75 Å². The van der Waals surface area contributed by atoms with Crippen molar-refractivity contribution in [2.24, 2.45) is 0 Å². The molecule has 2 aromatic carbocycles. The highest BCUT2D eigenvalue weighted by Crippen LogP contribution is 2.30. The maximum absolute atomic E-state index is 9.81. The smallest absolute Gasteiger partial charge is 0.277 e. The van der Waals surface area contributed by atoms with Crippen molar-refractivity contribution in [2.75, 3.05) is 0 Å². The van der Waals surface area contributed by atoms with Gasteiger partial charge in [0.05, 0.1) is 22.3 Å². The zero-order valence-corrected chi connectivity index (χ0v) is 12.7. The van der Waals surface area contributed by atoms with E-state index < -0.39 is 0 Å². The van der Waals surface area contributed by atoms with E-state index in [9.17, 15) is 5.11 Å². The average Bonchev–Trinajstić information content (AvgIpc) is 3.19. The number of rotatable bonds is 4. The SMILES string of the molecule is Oc1ccccc1-c1nnc(SCc2nc3ccccc3[nH]2)o1. The minimum atomic E-state index is 0.116. The van der Waals surface area contributed by atoms with Crippen molar-refractivity contribution in [3.63, 3.8) is 0 Å². The summed E-state index contributed by atoms with van der Waals surface area (Å²) in [5, 5.41) is 18.2. The van der Waals surface area contributed by atoms with E-state index in [0.717, 1.165) is 16.9 Å². The first kappa shape index (κ1) is 13.8. The third-order valence-corrected chi connectivity index (χ3v) is 4.14. The summed E-state index contributed by atoms with van der Waals surface area (Å²) in [6.45, 7) is 0. The molecule has 4 aromatic rings. The molecule has 0 amide bonds. The Labute approximate surface area is 135 Å². The van der Waals surface area contributed by atoms with Gasteiger partial charge in [0.25, 0.3) is 11.1 Å². The van der Waals surface area contributed by atoms with Gasteiger partial charge in [-0.15, -0.1) is 10.2 Å². The van der Waals surface area contributed by atoms with Crippen molar-refractivity contribution in [3.8, 4) is 17.2 Å². The second kappa shape index (κ2) is 5.77. The minimum absolute atomic E-state index is 0.116. The Kier molecular flexibility index (Phi) is 3.47. The molecule has 0 spiro atoms. The van der Waals surface area contributed by atoms with Gasteiger partial charge in [0.15, 0.2) is 0 Å². The van der Waals surface area contributed by atoms with Crippen LogP contribution in [0.1, 0.15) is 5.82 Å². The van der Waals surface area contributed by atoms with E-state index in [2.05, 4.69) is 20.2 Å². The van der Waals surface area contributed by atoms with Crippen molar-refractivity contribution in [3.05, 3.63) is 54.4 Å². The summed E-state index contributed by atoms with van der Waals surface area (Å²) in [6, 6.07) is 14.7. The second-order valence-electron chi connectivity index (χ2n) is 4.88. The highest BCUT2D eigenvalue weighted by molar-refractivity contribution is 7.98. The minimum Gasteiger partial charge on any atom is -0.507 e. The van der Waals surface area contributed by atoms with Gasteiger partial charge >= 0.3 is 0 Å². The largest absolute Gasteiger partial charge is 0.507 e. The molecule has 0 saturated carbocycles. The van der Waals surface area contributed by atoms with E-state index in [1.165, 1.54) is 11.8 Å². The fourth-order valence-corrected chi connectivity index (χ4v) is 2.87. The predicted molar refractivity (Wildman–Crippen MR) is 87.1 cm³/mol. The first-order valence-electron chi connectivity index (χ1n) is 6.98. The monoisotopic (exact) mass is 324 g/mol. The fraction of sp³-hybridized carbons (Fsp3) is 0.0625. The van der Waals surface area contributed by atoms with Crippen molar-refractivity contribution < 1.29 is 9.52 Å². The summed E-state index contributed by atoms with van der Waals surface area (Å²) in [4.78, 5) is 7.75. The van der Waals surface area contributed by atoms with Crippen LogP contribution in [0.25, 0.3) is 22.5 Å². The molecule has 4 rings (SSSR count). The zero-order valence-electron chi connectivity index (χ0n) is 11.9. The molecule has 0 atom stereocenters. The van der Waals surface area contributed by atoms with Crippen molar-refractivity contribution in [1.29, 1.82) is 0 Å². The van der Waals surface area contributed by atoms with Crippen LogP contribution < -0.4 is 0 Å². The number of para-hydroxylation sites is 3. The Bertz CT molecular complexity index is 930. The van der Waals surface area contributed by atoms with Gasteiger partial charge in [0.1, 0.15) is 11.6 Å². The van der Waals surface area contributed by atoms with Gasteiger partial charge in [0, 0.05) is 0 Å². The summed E-state index contributed by atoms with van der Waals surface area (Å²) in [7, 11) is 0. The number of aromatic nitrogens is 4. The number of phenolic OH excluding ortho intramolecular Hbond substituents is 1. The summed E-state index contributed by atoms with van der Waals surface area (Å²) in [5.74, 6) is 1.86. The van der Waals surface area contributed by atoms with Gasteiger partial charge in [-0.25, -0.2) is 4.98 Å². The number of phenols is 1. The van der Waals surface area contributed by atoms with Crippen LogP contribution in [-0.4, -0.2) is 25.3 Å². The van der Waals surface area contributed by atoms with Crippen molar-refractivity contribution >= 4 is 22.8 Å². The normalized spacial score (nSPS) is 11.1. The number of H-pyrrole nitrogens is 1. The summed E-state index contributed by atoms with van der Waals surface area (Å²) in [5.41, 5.74) is 2.46. The number of nitrogens with one attached hydrogen (secondary N) is 1. The number of aromatic amines is 1. The van der Waals surface area contributed by atoms with E-state index in [1.807, 2.05) is 24.3 Å². The molecule has 6 nitrogen and oxygen atoms in total. The van der Waals surface area contributed by atoms with Crippen molar-refractivity contribution in [2.45, 2.75) is 11.0 Å². The molecule has 0 radical (unpaired) electrons. The molecule has 0 aliphatic carbocycles. The maximum Gasteiger partial charge on any atom is 0.277 e. The third-order valence-electron chi connectivity index (χ3n) is 3.31. The fourth-order valence-electron chi connectivity index (χ4n) is 2.24. The number of nitrogens with zero attached hydrogens (tertiary/aromatic N) is 3. The van der Waals surface area contributed by atoms with Crippen LogP contribution >= 0.6 is 11.8 Å². The zero-order chi connectivity index (χ0) is 15.6. The van der Waals surface area contributed by atoms with Crippen LogP contribution in [0.15, 0.2) is 58.2 Å². The Balaban J connectivity index is 1.51. The standard InChI is InChI=1S/C16H12N4O2S/c21-13-8-4-1-5-10(13)15-19-20-16(22-15)23-9-14-17-11-6-2-3-7-12(11)18-14/h1-8,21H,9H2,(H,17,18). The molecular weight excluding hydrogens is 312 g/mol. The number of hydrogen-bond acceptors (Lipinski definition) is 6. The molecule has 0 saturated heterocycles. The lowest BCUT2D eigenvalue weighted by Crippen LogP contribution is -1.83. The van der Waals surface area contributed by atoms with E-state index >= 15 is 0 Å². The summed E-state index contributed by atoms with van der Waals surface area (Å²) < 4.78 is 5.59. The number of hydrogen-bond donors (Lipinski definition) is 2. The maximum atomic E-state index is 9.81. The van der Waals surface area contributed by atoms with Crippen molar-refractivity contribution in [1.82, 2.24) is 20.2 Å². The lowest BCUT2D eigenvalue weighted by atomic mass is 10.2. The Morgan fingerprint density at radius 1 is 1.04 bits per heavy atom. The highest BCUT2D eigenvalue weighted by Gasteiger charge is 2.13. The average molecular weight is 324 g/mol. The molecule has 2 N–H and O–H groups in total. The van der Waals surface area contributed by atoms with E-state index in [1.54, 1.807) is 24.3 Å². The predicted octanol–water partition coefficient (Wildman–Crippen LogP) is 3.61. The molecule has 114 valence electrons. The summed E-state index contributed by atoms with van der Waals surface area (Å²) >= 11 is 1.39. The molecule has 2 heterocycles. The number of thioether (sulfide) groups is 1. The van der Waals surface area contributed by atoms with E-state index in [0.29, 0.717) is 22.4 Å². The molecule has 0 fully saturated rings. The van der Waals surface area contributed by atoms with Crippen LogP contribution in [0.4, 0.5) is 0 Å². The molecule has 7 heteroatoms. The third kappa shape index (κ3) is 2.78. The molecule has 0 aliphatic rings. The first-order valence-corrected chi connectivity index (χ1v) is 7.96. The van der Waals surface area contributed by atoms with Gasteiger partial charge in [0.2, 0.25) is 0 Å². The quantitative estimate of drug-likeness (QED) is 0.558. The van der Waals surface area contributed by atoms with Gasteiger partial charge in [-0.05, 0) is 24.3 Å². The van der Waals surface area contributed by atoms with Gasteiger partial charge < -0.3 is 14.5 Å². The van der Waals surface area contributed by atoms with Crippen LogP contribution in [0.3, 0.4) is 0 Å². The van der Waals surface area contributed by atoms with E-state index in [-0.39, 0.29) is 5.75 Å². The molecule has 0 unspecified atom stereocenters. The lowest BCUT2D eigenvalue weighted by molar-refractivity contribution is 0.452. The Morgan fingerprint density at radius 3 is 2.74 bits per heavy atom. The number of benzene rings is 2. The molecule has 0 bridgehead atoms. The molecule has 2 aromatic heterocycles. The number of imidazole rings is 1. The topological polar surface area (TPSA) is 87.8 Å². The lowest BCUT2D eigenvalue weighted by Gasteiger charge is -1.97. The first-order chi connectivity index (χ1) is 11.3. The second-order valence-corrected chi connectivity index (χ2v) is 5.81. The number of fused-ring (bicyclic) bond motifs is 1. The number of aromatic hydroxyl groups is 1. The summed E-state index contributed by atoms with van der Waals surface area (Å²) in [6.07, 6.45) is 0. The van der Waals surface area contributed by atoms with Gasteiger partial charge in [-0.3, -0.25) is 0 Å². The highest BCUT2D eigenvalue weighted by atomic mass is 32.2. The molecule has 23 heavy (non-hydrogen) atoms. The molecular formula is C16H12N4O2S.